The van der Waals surface area contributed by atoms with E-state index in [1.54, 1.807) is 0 Å². The zero-order valence-corrected chi connectivity index (χ0v) is 13.4. The van der Waals surface area contributed by atoms with Crippen molar-refractivity contribution >= 4 is 0 Å². The predicted molar refractivity (Wildman–Crippen MR) is 86.4 cm³/mol. The van der Waals surface area contributed by atoms with Crippen molar-refractivity contribution in [1.29, 1.82) is 0 Å². The first-order valence-electron chi connectivity index (χ1n) is 7.66. The fourth-order valence-corrected chi connectivity index (χ4v) is 2.52. The van der Waals surface area contributed by atoms with Gasteiger partial charge in [0, 0.05) is 17.6 Å². The molecule has 0 fully saturated rings. The largest absolute Gasteiger partial charge is 0.317 e. The molecule has 0 spiro atoms. The van der Waals surface area contributed by atoms with E-state index in [2.05, 4.69) is 44.1 Å². The second kappa shape index (κ2) is 7.27. The zero-order valence-electron chi connectivity index (χ0n) is 13.4. The number of likely N-dealkylation sites (N-methyl/N-ethyl adjacent to an activating group) is 1. The van der Waals surface area contributed by atoms with E-state index in [0.29, 0.717) is 0 Å². The molecule has 1 N–H and O–H groups in total. The molecule has 0 atom stereocenters. The summed E-state index contributed by atoms with van der Waals surface area (Å²) < 4.78 is 0. The van der Waals surface area contributed by atoms with Crippen LogP contribution in [0.1, 0.15) is 36.4 Å². The number of pyridine rings is 1. The zero-order chi connectivity index (χ0) is 15.2. The number of aromatic nitrogens is 3. The summed E-state index contributed by atoms with van der Waals surface area (Å²) >= 11 is 0. The highest BCUT2D eigenvalue weighted by molar-refractivity contribution is 5.55. The van der Waals surface area contributed by atoms with Gasteiger partial charge in [0.1, 0.15) is 5.69 Å². The van der Waals surface area contributed by atoms with Gasteiger partial charge in [-0.05, 0) is 57.0 Å². The number of hydrogen-bond acceptors (Lipinski definition) is 4. The first-order chi connectivity index (χ1) is 10.2. The van der Waals surface area contributed by atoms with Crippen LogP contribution in [0, 0.1) is 13.8 Å². The lowest BCUT2D eigenvalue weighted by molar-refractivity contribution is 0.708. The van der Waals surface area contributed by atoms with Gasteiger partial charge in [-0.25, -0.2) is 9.97 Å². The van der Waals surface area contributed by atoms with Crippen molar-refractivity contribution in [2.45, 2.75) is 40.5 Å². The van der Waals surface area contributed by atoms with E-state index in [-0.39, 0.29) is 0 Å². The van der Waals surface area contributed by atoms with Crippen molar-refractivity contribution in [1.82, 2.24) is 20.3 Å². The average molecular weight is 284 g/mol. The minimum absolute atomic E-state index is 0.745. The summed E-state index contributed by atoms with van der Waals surface area (Å²) in [6.45, 7) is 10.3. The number of rotatable bonds is 6. The molecule has 0 unspecified atom stereocenters. The molecule has 0 aliphatic carbocycles. The van der Waals surface area contributed by atoms with Crippen LogP contribution >= 0.6 is 0 Å². The molecule has 0 radical (unpaired) electrons. The van der Waals surface area contributed by atoms with Gasteiger partial charge < -0.3 is 5.32 Å². The maximum Gasteiger partial charge on any atom is 0.178 e. The third-order valence-corrected chi connectivity index (χ3v) is 3.71. The molecule has 0 aromatic carbocycles. The summed E-state index contributed by atoms with van der Waals surface area (Å²) in [5.74, 6) is 0.745. The maximum atomic E-state index is 4.69. The quantitative estimate of drug-likeness (QED) is 0.829. The van der Waals surface area contributed by atoms with Crippen LogP contribution in [0.2, 0.25) is 0 Å². The second-order valence-electron chi connectivity index (χ2n) is 5.16. The van der Waals surface area contributed by atoms with Crippen LogP contribution in [0.15, 0.2) is 18.3 Å². The summed E-state index contributed by atoms with van der Waals surface area (Å²) in [5, 5.41) is 3.35. The van der Waals surface area contributed by atoms with Crippen LogP contribution in [0.25, 0.3) is 11.5 Å². The van der Waals surface area contributed by atoms with Gasteiger partial charge in [-0.1, -0.05) is 19.9 Å². The van der Waals surface area contributed by atoms with Crippen LogP contribution < -0.4 is 5.32 Å². The van der Waals surface area contributed by atoms with Gasteiger partial charge in [-0.3, -0.25) is 4.98 Å². The second-order valence-corrected chi connectivity index (χ2v) is 5.16. The Morgan fingerprint density at radius 2 is 1.81 bits per heavy atom. The molecule has 4 heteroatoms. The molecule has 2 aromatic rings. The highest BCUT2D eigenvalue weighted by Crippen LogP contribution is 2.21. The minimum Gasteiger partial charge on any atom is -0.317 e. The third-order valence-electron chi connectivity index (χ3n) is 3.71. The summed E-state index contributed by atoms with van der Waals surface area (Å²) in [6, 6.07) is 4.06. The third kappa shape index (κ3) is 3.64. The smallest absolute Gasteiger partial charge is 0.178 e. The van der Waals surface area contributed by atoms with Gasteiger partial charge in [-0.2, -0.15) is 0 Å². The molecule has 0 amide bonds. The van der Waals surface area contributed by atoms with Crippen LogP contribution in [-0.4, -0.2) is 28.0 Å². The van der Waals surface area contributed by atoms with Crippen molar-refractivity contribution in [3.8, 4) is 11.5 Å². The summed E-state index contributed by atoms with van der Waals surface area (Å²) in [7, 11) is 0. The standard InChI is InChI=1S/C17H24N4/c1-5-14-8-7-10-19-16(14)17-20-12(3)15(13(4)21-17)9-11-18-6-2/h7-8,10,18H,5-6,9,11H2,1-4H3. The number of nitrogens with one attached hydrogen (secondary N) is 1. The van der Waals surface area contributed by atoms with Crippen LogP contribution in [-0.2, 0) is 12.8 Å². The van der Waals surface area contributed by atoms with E-state index in [4.69, 9.17) is 9.97 Å². The highest BCUT2D eigenvalue weighted by atomic mass is 14.9. The lowest BCUT2D eigenvalue weighted by Gasteiger charge is -2.12. The molecule has 4 nitrogen and oxygen atoms in total. The Morgan fingerprint density at radius 3 is 2.43 bits per heavy atom. The summed E-state index contributed by atoms with van der Waals surface area (Å²) in [6.07, 6.45) is 3.71. The van der Waals surface area contributed by atoms with Crippen LogP contribution in [0.3, 0.4) is 0 Å². The van der Waals surface area contributed by atoms with Crippen molar-refractivity contribution in [2.24, 2.45) is 0 Å². The van der Waals surface area contributed by atoms with E-state index in [1.807, 2.05) is 12.3 Å². The molecule has 0 aliphatic heterocycles. The van der Waals surface area contributed by atoms with E-state index >= 15 is 0 Å². The Morgan fingerprint density at radius 1 is 1.10 bits per heavy atom. The normalized spacial score (nSPS) is 10.9. The highest BCUT2D eigenvalue weighted by Gasteiger charge is 2.12. The van der Waals surface area contributed by atoms with Crippen molar-refractivity contribution in [3.05, 3.63) is 40.8 Å². The van der Waals surface area contributed by atoms with E-state index < -0.39 is 0 Å². The number of nitrogens with zero attached hydrogens (tertiary/aromatic N) is 3. The lowest BCUT2D eigenvalue weighted by Crippen LogP contribution is -2.18. The Kier molecular flexibility index (Phi) is 5.39. The molecule has 0 saturated carbocycles. The molecule has 21 heavy (non-hydrogen) atoms. The first-order valence-corrected chi connectivity index (χ1v) is 7.66. The Labute approximate surface area is 127 Å². The first kappa shape index (κ1) is 15.6. The van der Waals surface area contributed by atoms with E-state index in [0.717, 1.165) is 48.8 Å². The minimum atomic E-state index is 0.745. The molecule has 0 bridgehead atoms. The molecular formula is C17H24N4. The van der Waals surface area contributed by atoms with Gasteiger partial charge >= 0.3 is 0 Å². The average Bonchev–Trinajstić information content (AvgIpc) is 2.49. The Balaban J connectivity index is 2.35. The van der Waals surface area contributed by atoms with E-state index in [1.165, 1.54) is 11.1 Å². The van der Waals surface area contributed by atoms with Crippen molar-refractivity contribution in [3.63, 3.8) is 0 Å². The van der Waals surface area contributed by atoms with E-state index in [9.17, 15) is 0 Å². The van der Waals surface area contributed by atoms with Crippen molar-refractivity contribution in [2.75, 3.05) is 13.1 Å². The van der Waals surface area contributed by atoms with Gasteiger partial charge in [0.2, 0.25) is 0 Å². The van der Waals surface area contributed by atoms with Crippen LogP contribution in [0.4, 0.5) is 0 Å². The van der Waals surface area contributed by atoms with Gasteiger partial charge in [0.05, 0.1) is 0 Å². The van der Waals surface area contributed by atoms with Crippen molar-refractivity contribution < 1.29 is 0 Å². The topological polar surface area (TPSA) is 50.7 Å². The Hall–Kier alpha value is -1.81. The fourth-order valence-electron chi connectivity index (χ4n) is 2.52. The van der Waals surface area contributed by atoms with Gasteiger partial charge in [0.15, 0.2) is 5.82 Å². The fraction of sp³-hybridized carbons (Fsp3) is 0.471. The molecule has 0 aliphatic rings. The molecule has 2 aromatic heterocycles. The SMILES string of the molecule is CCNCCc1c(C)nc(-c2ncccc2CC)nc1C. The monoisotopic (exact) mass is 284 g/mol. The molecule has 2 heterocycles. The molecule has 112 valence electrons. The summed E-state index contributed by atoms with van der Waals surface area (Å²) in [4.78, 5) is 13.9. The maximum absolute atomic E-state index is 4.69. The molecular weight excluding hydrogens is 260 g/mol. The molecule has 2 rings (SSSR count). The summed E-state index contributed by atoms with van der Waals surface area (Å²) in [5.41, 5.74) is 5.46. The Bertz CT molecular complexity index is 584. The lowest BCUT2D eigenvalue weighted by atomic mass is 10.1. The van der Waals surface area contributed by atoms with Gasteiger partial charge in [0.25, 0.3) is 0 Å². The predicted octanol–water partition coefficient (Wildman–Crippen LogP) is 2.87. The van der Waals surface area contributed by atoms with Gasteiger partial charge in [-0.15, -0.1) is 0 Å². The molecule has 0 saturated heterocycles. The number of aryl methyl sites for hydroxylation is 3. The van der Waals surface area contributed by atoms with Crippen LogP contribution in [0.5, 0.6) is 0 Å². The number of hydrogen-bond donors (Lipinski definition) is 1.